The molecule has 108 valence electrons. The largest absolute Gasteiger partial charge is 0.496 e. The lowest BCUT2D eigenvalue weighted by atomic mass is 9.80. The van der Waals surface area contributed by atoms with E-state index in [0.29, 0.717) is 10.7 Å². The Morgan fingerprint density at radius 2 is 1.90 bits per heavy atom. The first-order chi connectivity index (χ1) is 9.66. The lowest BCUT2D eigenvalue weighted by molar-refractivity contribution is 0.223. The molecular formula is C15H19ClN2O2. The quantitative estimate of drug-likeness (QED) is 0.821. The van der Waals surface area contributed by atoms with Crippen molar-refractivity contribution >= 4 is 23.3 Å². The third-order valence-electron chi connectivity index (χ3n) is 4.36. The first-order valence-electron chi connectivity index (χ1n) is 7.12. The van der Waals surface area contributed by atoms with Crippen molar-refractivity contribution in [3.63, 3.8) is 0 Å². The Morgan fingerprint density at radius 1 is 1.20 bits per heavy atom. The second kappa shape index (κ2) is 5.17. The summed E-state index contributed by atoms with van der Waals surface area (Å²) >= 11 is 6.28. The van der Waals surface area contributed by atoms with Crippen LogP contribution in [0.4, 0.5) is 10.5 Å². The Labute approximate surface area is 123 Å². The van der Waals surface area contributed by atoms with Gasteiger partial charge in [-0.1, -0.05) is 37.3 Å². The Bertz CT molecular complexity index is 537. The van der Waals surface area contributed by atoms with Crippen LogP contribution in [0.2, 0.25) is 5.02 Å². The first-order valence-corrected chi connectivity index (χ1v) is 7.50. The van der Waals surface area contributed by atoms with Crippen LogP contribution in [0.15, 0.2) is 12.1 Å². The highest BCUT2D eigenvalue weighted by Gasteiger charge is 2.42. The molecule has 2 amide bonds. The third kappa shape index (κ3) is 2.12. The van der Waals surface area contributed by atoms with E-state index in [1.54, 1.807) is 13.2 Å². The zero-order valence-corrected chi connectivity index (χ0v) is 12.3. The number of halogens is 1. The highest BCUT2D eigenvalue weighted by atomic mass is 35.5. The van der Waals surface area contributed by atoms with E-state index in [1.165, 1.54) is 12.8 Å². The molecule has 1 aromatic carbocycles. The number of amides is 2. The summed E-state index contributed by atoms with van der Waals surface area (Å²) in [6.45, 7) is 0. The average molecular weight is 295 g/mol. The molecule has 1 heterocycles. The van der Waals surface area contributed by atoms with E-state index >= 15 is 0 Å². The first kappa shape index (κ1) is 13.6. The Morgan fingerprint density at radius 3 is 2.55 bits per heavy atom. The molecule has 1 aliphatic heterocycles. The third-order valence-corrected chi connectivity index (χ3v) is 4.68. The van der Waals surface area contributed by atoms with Crippen molar-refractivity contribution < 1.29 is 9.53 Å². The fourth-order valence-corrected chi connectivity index (χ4v) is 3.66. The molecule has 2 N–H and O–H groups in total. The van der Waals surface area contributed by atoms with Gasteiger partial charge in [-0.05, 0) is 25.0 Å². The van der Waals surface area contributed by atoms with Crippen LogP contribution in [0, 0.1) is 0 Å². The van der Waals surface area contributed by atoms with Gasteiger partial charge in [-0.25, -0.2) is 4.79 Å². The van der Waals surface area contributed by atoms with Crippen molar-refractivity contribution in [1.82, 2.24) is 5.32 Å². The number of fused-ring (bicyclic) bond motifs is 2. The van der Waals surface area contributed by atoms with E-state index in [2.05, 4.69) is 10.6 Å². The van der Waals surface area contributed by atoms with Crippen molar-refractivity contribution in [1.29, 1.82) is 0 Å². The highest BCUT2D eigenvalue weighted by molar-refractivity contribution is 6.34. The van der Waals surface area contributed by atoms with Crippen LogP contribution < -0.4 is 15.4 Å². The van der Waals surface area contributed by atoms with Crippen molar-refractivity contribution in [3.8, 4) is 5.75 Å². The topological polar surface area (TPSA) is 50.4 Å². The van der Waals surface area contributed by atoms with Gasteiger partial charge in [0.05, 0.1) is 23.4 Å². The van der Waals surface area contributed by atoms with Crippen LogP contribution >= 0.6 is 11.6 Å². The van der Waals surface area contributed by atoms with E-state index in [0.717, 1.165) is 37.0 Å². The lowest BCUT2D eigenvalue weighted by Gasteiger charge is -2.40. The maximum absolute atomic E-state index is 12.0. The van der Waals surface area contributed by atoms with Gasteiger partial charge in [0, 0.05) is 5.56 Å². The fourth-order valence-electron chi connectivity index (χ4n) is 3.46. The normalized spacial score (nSPS) is 20.6. The molecule has 0 bridgehead atoms. The van der Waals surface area contributed by atoms with Gasteiger partial charge in [-0.2, -0.15) is 0 Å². The van der Waals surface area contributed by atoms with Crippen LogP contribution in [0.5, 0.6) is 5.75 Å². The van der Waals surface area contributed by atoms with Crippen molar-refractivity contribution in [3.05, 3.63) is 22.7 Å². The maximum atomic E-state index is 12.0. The van der Waals surface area contributed by atoms with Crippen LogP contribution in [-0.4, -0.2) is 13.1 Å². The highest BCUT2D eigenvalue weighted by Crippen LogP contribution is 2.48. The minimum Gasteiger partial charge on any atom is -0.496 e. The molecule has 2 aliphatic rings. The second-order valence-corrected chi connectivity index (χ2v) is 5.98. The number of hydrogen-bond acceptors (Lipinski definition) is 2. The summed E-state index contributed by atoms with van der Waals surface area (Å²) in [6.07, 6.45) is 6.51. The number of hydrogen-bond donors (Lipinski definition) is 2. The van der Waals surface area contributed by atoms with Gasteiger partial charge >= 0.3 is 6.03 Å². The van der Waals surface area contributed by atoms with Gasteiger partial charge in [0.25, 0.3) is 0 Å². The van der Waals surface area contributed by atoms with E-state index in [4.69, 9.17) is 16.3 Å². The Hall–Kier alpha value is -1.42. The Kier molecular flexibility index (Phi) is 3.50. The predicted molar refractivity (Wildman–Crippen MR) is 79.5 cm³/mol. The summed E-state index contributed by atoms with van der Waals surface area (Å²) < 4.78 is 5.52. The zero-order valence-electron chi connectivity index (χ0n) is 11.6. The van der Waals surface area contributed by atoms with Crippen LogP contribution in [0.1, 0.15) is 44.1 Å². The monoisotopic (exact) mass is 294 g/mol. The molecule has 0 aromatic heterocycles. The van der Waals surface area contributed by atoms with Crippen molar-refractivity contribution in [2.75, 3.05) is 12.4 Å². The summed E-state index contributed by atoms with van der Waals surface area (Å²) in [5.41, 5.74) is 1.37. The summed E-state index contributed by atoms with van der Waals surface area (Å²) in [7, 11) is 1.66. The molecule has 1 aliphatic carbocycles. The molecule has 0 atom stereocenters. The minimum absolute atomic E-state index is 0.172. The number of carbonyl (C=O) groups excluding carboxylic acids is 1. The SMILES string of the molecule is COc1ccc(Cl)c2c1C1(CCCCCC1)NC(=O)N2. The molecule has 3 rings (SSSR count). The molecule has 1 fully saturated rings. The Balaban J connectivity index is 2.19. The number of anilines is 1. The van der Waals surface area contributed by atoms with E-state index in [9.17, 15) is 4.79 Å². The number of carbonyl (C=O) groups is 1. The molecule has 1 aromatic rings. The second-order valence-electron chi connectivity index (χ2n) is 5.58. The molecule has 1 spiro atoms. The summed E-state index contributed by atoms with van der Waals surface area (Å²) in [4.78, 5) is 12.0. The van der Waals surface area contributed by atoms with Crippen LogP contribution in [0.3, 0.4) is 0 Å². The van der Waals surface area contributed by atoms with Gasteiger partial charge in [0.15, 0.2) is 0 Å². The maximum Gasteiger partial charge on any atom is 0.319 e. The fraction of sp³-hybridized carbons (Fsp3) is 0.533. The number of nitrogens with one attached hydrogen (secondary N) is 2. The number of benzene rings is 1. The van der Waals surface area contributed by atoms with Gasteiger partial charge in [0.1, 0.15) is 5.75 Å². The molecular weight excluding hydrogens is 276 g/mol. The van der Waals surface area contributed by atoms with Crippen molar-refractivity contribution in [2.24, 2.45) is 0 Å². The van der Waals surface area contributed by atoms with Gasteiger partial charge in [0.2, 0.25) is 0 Å². The van der Waals surface area contributed by atoms with Crippen molar-refractivity contribution in [2.45, 2.75) is 44.1 Å². The molecule has 20 heavy (non-hydrogen) atoms. The van der Waals surface area contributed by atoms with E-state index in [1.807, 2.05) is 6.07 Å². The summed E-state index contributed by atoms with van der Waals surface area (Å²) in [6, 6.07) is 3.48. The summed E-state index contributed by atoms with van der Waals surface area (Å²) in [5, 5.41) is 6.54. The summed E-state index contributed by atoms with van der Waals surface area (Å²) in [5.74, 6) is 0.791. The van der Waals surface area contributed by atoms with Crippen LogP contribution in [-0.2, 0) is 5.54 Å². The smallest absolute Gasteiger partial charge is 0.319 e. The van der Waals surface area contributed by atoms with Gasteiger partial charge < -0.3 is 15.4 Å². The average Bonchev–Trinajstić information content (AvgIpc) is 2.66. The molecule has 0 radical (unpaired) electrons. The molecule has 0 saturated heterocycles. The number of ether oxygens (including phenoxy) is 1. The number of methoxy groups -OCH3 is 1. The van der Waals surface area contributed by atoms with Gasteiger partial charge in [-0.3, -0.25) is 0 Å². The predicted octanol–water partition coefficient (Wildman–Crippen LogP) is 4.03. The minimum atomic E-state index is -0.343. The molecule has 5 heteroatoms. The van der Waals surface area contributed by atoms with Crippen LogP contribution in [0.25, 0.3) is 0 Å². The molecule has 1 saturated carbocycles. The van der Waals surface area contributed by atoms with E-state index < -0.39 is 0 Å². The lowest BCUT2D eigenvalue weighted by Crippen LogP contribution is -2.51. The molecule has 4 nitrogen and oxygen atoms in total. The molecule has 0 unspecified atom stereocenters. The number of urea groups is 1. The zero-order chi connectivity index (χ0) is 14.2. The standard InChI is InChI=1S/C15H19ClN2O2/c1-20-11-7-6-10(16)13-12(11)15(18-14(19)17-13)8-4-2-3-5-9-15/h6-7H,2-5,8-9H2,1H3,(H2,17,18,19). The van der Waals surface area contributed by atoms with E-state index in [-0.39, 0.29) is 11.6 Å². The van der Waals surface area contributed by atoms with Gasteiger partial charge in [-0.15, -0.1) is 0 Å². The number of rotatable bonds is 1.